The number of carbonyl (C=O) groups is 2. The lowest BCUT2D eigenvalue weighted by Gasteiger charge is -2.31. The predicted octanol–water partition coefficient (Wildman–Crippen LogP) is 0.467. The van der Waals surface area contributed by atoms with Crippen molar-refractivity contribution < 1.29 is 9.59 Å². The van der Waals surface area contributed by atoms with E-state index >= 15 is 0 Å². The zero-order chi connectivity index (χ0) is 15.2. The smallest absolute Gasteiger partial charge is 0.243 e. The lowest BCUT2D eigenvalue weighted by Crippen LogP contribution is -2.52. The summed E-state index contributed by atoms with van der Waals surface area (Å²) in [4.78, 5) is 27.7. The maximum atomic E-state index is 12.2. The first-order valence-corrected chi connectivity index (χ1v) is 7.05. The third-order valence-electron chi connectivity index (χ3n) is 2.76. The fourth-order valence-corrected chi connectivity index (χ4v) is 1.98. The molecule has 0 aliphatic heterocycles. The van der Waals surface area contributed by atoms with E-state index < -0.39 is 11.5 Å². The van der Waals surface area contributed by atoms with E-state index in [1.807, 2.05) is 39.8 Å². The monoisotopic (exact) mass is 289 g/mol. The molecule has 2 amide bonds. The zero-order valence-electron chi connectivity index (χ0n) is 12.9. The van der Waals surface area contributed by atoms with Gasteiger partial charge in [0.1, 0.15) is 6.04 Å². The van der Waals surface area contributed by atoms with Crippen molar-refractivity contribution in [1.29, 1.82) is 0 Å². The molecule has 0 radical (unpaired) electrons. The topological polar surface area (TPSA) is 52.7 Å². The van der Waals surface area contributed by atoms with Crippen LogP contribution in [-0.2, 0) is 9.59 Å². The molecule has 0 aliphatic carbocycles. The van der Waals surface area contributed by atoms with Crippen LogP contribution < -0.4 is 5.32 Å². The summed E-state index contributed by atoms with van der Waals surface area (Å²) in [5.74, 6) is 0.0952. The minimum atomic E-state index is -0.530. The van der Waals surface area contributed by atoms with E-state index in [0.717, 1.165) is 6.54 Å². The SMILES string of the molecule is CN(C)CCNC(=O)C(CS)N(C)C(=O)C(C)(C)C. The molecule has 0 aromatic carbocycles. The van der Waals surface area contributed by atoms with Crippen molar-refractivity contribution in [1.82, 2.24) is 15.1 Å². The van der Waals surface area contributed by atoms with Crippen LogP contribution in [0.2, 0.25) is 0 Å². The molecule has 0 bridgehead atoms. The van der Waals surface area contributed by atoms with Crippen LogP contribution in [0.5, 0.6) is 0 Å². The highest BCUT2D eigenvalue weighted by Gasteiger charge is 2.32. The molecule has 0 saturated heterocycles. The molecular formula is C13H27N3O2S. The van der Waals surface area contributed by atoms with Gasteiger partial charge in [-0.1, -0.05) is 20.8 Å². The van der Waals surface area contributed by atoms with Crippen LogP contribution in [-0.4, -0.2) is 67.6 Å². The number of amides is 2. The molecule has 0 fully saturated rings. The van der Waals surface area contributed by atoms with Crippen LogP contribution in [0.4, 0.5) is 0 Å². The van der Waals surface area contributed by atoms with Gasteiger partial charge in [-0.05, 0) is 14.1 Å². The van der Waals surface area contributed by atoms with E-state index in [2.05, 4.69) is 17.9 Å². The minimum absolute atomic E-state index is 0.0608. The fraction of sp³-hybridized carbons (Fsp3) is 0.846. The molecule has 112 valence electrons. The van der Waals surface area contributed by atoms with E-state index in [1.54, 1.807) is 7.05 Å². The van der Waals surface area contributed by atoms with Crippen LogP contribution in [0.3, 0.4) is 0 Å². The molecule has 0 rings (SSSR count). The molecule has 0 aromatic heterocycles. The van der Waals surface area contributed by atoms with Gasteiger partial charge in [0.25, 0.3) is 0 Å². The number of nitrogens with zero attached hydrogens (tertiary/aromatic N) is 2. The average molecular weight is 289 g/mol. The second kappa shape index (κ2) is 7.75. The van der Waals surface area contributed by atoms with Crippen LogP contribution in [0.1, 0.15) is 20.8 Å². The normalized spacial score (nSPS) is 13.3. The molecule has 1 atom stereocenters. The third kappa shape index (κ3) is 6.29. The Labute approximate surface area is 122 Å². The van der Waals surface area contributed by atoms with Gasteiger partial charge in [0.05, 0.1) is 0 Å². The number of likely N-dealkylation sites (N-methyl/N-ethyl adjacent to an activating group) is 2. The molecule has 1 N–H and O–H groups in total. The highest BCUT2D eigenvalue weighted by molar-refractivity contribution is 7.80. The Morgan fingerprint density at radius 3 is 2.11 bits per heavy atom. The Morgan fingerprint density at radius 1 is 1.21 bits per heavy atom. The first-order chi connectivity index (χ1) is 8.61. The average Bonchev–Trinajstić information content (AvgIpc) is 2.26. The summed E-state index contributed by atoms with van der Waals surface area (Å²) in [6.07, 6.45) is 0. The summed E-state index contributed by atoms with van der Waals surface area (Å²) >= 11 is 4.18. The van der Waals surface area contributed by atoms with Crippen molar-refractivity contribution in [3.63, 3.8) is 0 Å². The summed E-state index contributed by atoms with van der Waals surface area (Å²) in [7, 11) is 5.54. The van der Waals surface area contributed by atoms with Gasteiger partial charge in [-0.15, -0.1) is 0 Å². The summed E-state index contributed by atoms with van der Waals surface area (Å²) in [5, 5.41) is 2.83. The van der Waals surface area contributed by atoms with Gasteiger partial charge in [-0.2, -0.15) is 12.6 Å². The van der Waals surface area contributed by atoms with Crippen molar-refractivity contribution in [2.24, 2.45) is 5.41 Å². The van der Waals surface area contributed by atoms with Crippen molar-refractivity contribution in [2.45, 2.75) is 26.8 Å². The number of hydrogen-bond donors (Lipinski definition) is 2. The highest BCUT2D eigenvalue weighted by atomic mass is 32.1. The van der Waals surface area contributed by atoms with E-state index in [0.29, 0.717) is 12.3 Å². The highest BCUT2D eigenvalue weighted by Crippen LogP contribution is 2.18. The van der Waals surface area contributed by atoms with E-state index in [4.69, 9.17) is 0 Å². The Balaban J connectivity index is 4.55. The summed E-state index contributed by atoms with van der Waals surface area (Å²) < 4.78 is 0. The first-order valence-electron chi connectivity index (χ1n) is 6.41. The van der Waals surface area contributed by atoms with Gasteiger partial charge < -0.3 is 15.1 Å². The largest absolute Gasteiger partial charge is 0.353 e. The van der Waals surface area contributed by atoms with Gasteiger partial charge in [-0.3, -0.25) is 9.59 Å². The molecule has 0 aromatic rings. The van der Waals surface area contributed by atoms with Gasteiger partial charge in [0.2, 0.25) is 11.8 Å². The first kappa shape index (κ1) is 18.2. The molecule has 0 heterocycles. The summed E-state index contributed by atoms with van der Waals surface area (Å²) in [5.41, 5.74) is -0.500. The number of hydrogen-bond acceptors (Lipinski definition) is 4. The second-order valence-corrected chi connectivity index (χ2v) is 6.32. The molecule has 5 nitrogen and oxygen atoms in total. The maximum Gasteiger partial charge on any atom is 0.243 e. The van der Waals surface area contributed by atoms with Crippen LogP contribution in [0, 0.1) is 5.41 Å². The number of nitrogens with one attached hydrogen (secondary N) is 1. The Kier molecular flexibility index (Phi) is 7.44. The Morgan fingerprint density at radius 2 is 1.74 bits per heavy atom. The molecule has 0 spiro atoms. The lowest BCUT2D eigenvalue weighted by molar-refractivity contribution is -0.144. The van der Waals surface area contributed by atoms with Crippen molar-refractivity contribution in [3.05, 3.63) is 0 Å². The van der Waals surface area contributed by atoms with E-state index in [-0.39, 0.29) is 11.8 Å². The minimum Gasteiger partial charge on any atom is -0.353 e. The van der Waals surface area contributed by atoms with Gasteiger partial charge in [-0.25, -0.2) is 0 Å². The number of rotatable bonds is 6. The maximum absolute atomic E-state index is 12.2. The summed E-state index contributed by atoms with van der Waals surface area (Å²) in [6, 6.07) is -0.530. The Bertz CT molecular complexity index is 314. The molecule has 6 heteroatoms. The standard InChI is InChI=1S/C13H27N3O2S/c1-13(2,3)12(18)16(6)10(9-19)11(17)14-7-8-15(4)5/h10,19H,7-9H2,1-6H3,(H,14,17). The molecule has 0 aliphatic rings. The molecular weight excluding hydrogens is 262 g/mol. The Hall–Kier alpha value is -0.750. The second-order valence-electron chi connectivity index (χ2n) is 5.96. The van der Waals surface area contributed by atoms with Crippen molar-refractivity contribution >= 4 is 24.4 Å². The molecule has 19 heavy (non-hydrogen) atoms. The van der Waals surface area contributed by atoms with Crippen molar-refractivity contribution in [2.75, 3.05) is 40.0 Å². The lowest BCUT2D eigenvalue weighted by atomic mass is 9.94. The van der Waals surface area contributed by atoms with Crippen LogP contribution in [0.15, 0.2) is 0 Å². The van der Waals surface area contributed by atoms with Gasteiger partial charge in [0.15, 0.2) is 0 Å². The predicted molar refractivity (Wildman–Crippen MR) is 81.4 cm³/mol. The quantitative estimate of drug-likeness (QED) is 0.699. The van der Waals surface area contributed by atoms with Crippen molar-refractivity contribution in [3.8, 4) is 0 Å². The number of carbonyl (C=O) groups excluding carboxylic acids is 2. The van der Waals surface area contributed by atoms with Crippen LogP contribution in [0.25, 0.3) is 0 Å². The van der Waals surface area contributed by atoms with Gasteiger partial charge >= 0.3 is 0 Å². The molecule has 0 saturated carbocycles. The van der Waals surface area contributed by atoms with Crippen LogP contribution >= 0.6 is 12.6 Å². The van der Waals surface area contributed by atoms with Gasteiger partial charge in [0, 0.05) is 31.3 Å². The fourth-order valence-electron chi connectivity index (χ4n) is 1.57. The molecule has 1 unspecified atom stereocenters. The summed E-state index contributed by atoms with van der Waals surface area (Å²) in [6.45, 7) is 6.84. The third-order valence-corrected chi connectivity index (χ3v) is 3.11. The zero-order valence-corrected chi connectivity index (χ0v) is 13.8. The number of thiol groups is 1. The van der Waals surface area contributed by atoms with E-state index in [9.17, 15) is 9.59 Å². The van der Waals surface area contributed by atoms with E-state index in [1.165, 1.54) is 4.90 Å².